The van der Waals surface area contributed by atoms with E-state index in [0.29, 0.717) is 32.7 Å². The van der Waals surface area contributed by atoms with Gasteiger partial charge in [0.15, 0.2) is 5.84 Å². The first-order valence-electron chi connectivity index (χ1n) is 6.85. The highest BCUT2D eigenvalue weighted by Gasteiger charge is 2.25. The molecule has 1 aliphatic heterocycles. The van der Waals surface area contributed by atoms with Gasteiger partial charge in [-0.3, -0.25) is 10.2 Å². The van der Waals surface area contributed by atoms with Gasteiger partial charge in [-0.2, -0.15) is 0 Å². The van der Waals surface area contributed by atoms with E-state index < -0.39 is 5.92 Å². The first-order valence-corrected chi connectivity index (χ1v) is 6.85. The number of nitrogens with two attached hydrogens (primary N) is 1. The molecule has 0 aliphatic carbocycles. The fourth-order valence-electron chi connectivity index (χ4n) is 2.16. The highest BCUT2D eigenvalue weighted by Crippen LogP contribution is 2.10. The van der Waals surface area contributed by atoms with Gasteiger partial charge in [-0.15, -0.1) is 0 Å². The summed E-state index contributed by atoms with van der Waals surface area (Å²) in [7, 11) is 0. The zero-order valence-electron chi connectivity index (χ0n) is 11.7. The van der Waals surface area contributed by atoms with Crippen LogP contribution in [0.3, 0.4) is 0 Å². The van der Waals surface area contributed by atoms with Gasteiger partial charge in [0, 0.05) is 13.1 Å². The number of hydrogen-bond acceptors (Lipinski definition) is 5. The van der Waals surface area contributed by atoms with Gasteiger partial charge in [0.1, 0.15) is 5.92 Å². The van der Waals surface area contributed by atoms with Crippen LogP contribution in [0.25, 0.3) is 0 Å². The van der Waals surface area contributed by atoms with Crippen LogP contribution in [0.2, 0.25) is 0 Å². The van der Waals surface area contributed by atoms with E-state index >= 15 is 0 Å². The number of morpholine rings is 1. The molecule has 7 nitrogen and oxygen atoms in total. The third kappa shape index (κ3) is 4.44. The van der Waals surface area contributed by atoms with Crippen LogP contribution in [0.15, 0.2) is 35.5 Å². The van der Waals surface area contributed by atoms with Gasteiger partial charge < -0.3 is 15.7 Å². The van der Waals surface area contributed by atoms with Crippen LogP contribution < -0.4 is 11.2 Å². The lowest BCUT2D eigenvalue weighted by Crippen LogP contribution is -2.52. The van der Waals surface area contributed by atoms with Crippen LogP contribution in [0, 0.1) is 5.92 Å². The van der Waals surface area contributed by atoms with E-state index in [9.17, 15) is 4.79 Å². The molecule has 1 atom stereocenters. The van der Waals surface area contributed by atoms with Crippen molar-refractivity contribution in [1.82, 2.24) is 10.4 Å². The van der Waals surface area contributed by atoms with Crippen molar-refractivity contribution in [2.24, 2.45) is 16.8 Å². The lowest BCUT2D eigenvalue weighted by Gasteiger charge is -2.28. The molecule has 0 radical (unpaired) electrons. The number of ether oxygens (including phenoxy) is 1. The lowest BCUT2D eigenvalue weighted by molar-refractivity contribution is -0.130. The fourth-order valence-corrected chi connectivity index (χ4v) is 2.16. The normalized spacial score (nSPS) is 18.2. The Hall–Kier alpha value is -2.12. The molecule has 1 fully saturated rings. The summed E-state index contributed by atoms with van der Waals surface area (Å²) in [4.78, 5) is 12.4. The molecule has 21 heavy (non-hydrogen) atoms. The second kappa shape index (κ2) is 7.61. The molecule has 1 saturated heterocycles. The predicted octanol–water partition coefficient (Wildman–Crippen LogP) is -0.0449. The van der Waals surface area contributed by atoms with Gasteiger partial charge in [0.25, 0.3) is 0 Å². The number of hydrazine groups is 1. The second-order valence-corrected chi connectivity index (χ2v) is 4.84. The summed E-state index contributed by atoms with van der Waals surface area (Å²) in [6.07, 6.45) is 0.382. The number of amides is 1. The standard InChI is InChI=1S/C14H20N4O3/c15-13(17-20)12(10-11-4-2-1-3-5-11)14(19)16-18-6-8-21-9-7-18/h1-5,12,20H,6-10H2,(H2,15,17)(H,16,19). The van der Waals surface area contributed by atoms with E-state index in [4.69, 9.17) is 15.7 Å². The molecular weight excluding hydrogens is 272 g/mol. The van der Waals surface area contributed by atoms with Crippen LogP contribution in [-0.4, -0.2) is 48.3 Å². The molecule has 0 aromatic heterocycles. The van der Waals surface area contributed by atoms with Gasteiger partial charge in [-0.05, 0) is 12.0 Å². The summed E-state index contributed by atoms with van der Waals surface area (Å²) in [5, 5.41) is 13.7. The molecule has 1 aromatic carbocycles. The maximum Gasteiger partial charge on any atom is 0.245 e. The van der Waals surface area contributed by atoms with Crippen molar-refractivity contribution in [3.8, 4) is 0 Å². The van der Waals surface area contributed by atoms with Gasteiger partial charge in [0.05, 0.1) is 13.2 Å². The first-order chi connectivity index (χ1) is 10.2. The molecule has 7 heteroatoms. The second-order valence-electron chi connectivity index (χ2n) is 4.84. The van der Waals surface area contributed by atoms with E-state index in [1.807, 2.05) is 30.3 Å². The highest BCUT2D eigenvalue weighted by molar-refractivity contribution is 6.02. The van der Waals surface area contributed by atoms with E-state index in [0.717, 1.165) is 5.56 Å². The Morgan fingerprint density at radius 3 is 2.67 bits per heavy atom. The summed E-state index contributed by atoms with van der Waals surface area (Å²) in [6.45, 7) is 2.40. The summed E-state index contributed by atoms with van der Waals surface area (Å²) in [5.41, 5.74) is 9.41. The Bertz CT molecular complexity index is 486. The number of amidine groups is 1. The summed E-state index contributed by atoms with van der Waals surface area (Å²) in [5.74, 6) is -1.08. The first kappa shape index (κ1) is 15.3. The highest BCUT2D eigenvalue weighted by atomic mass is 16.5. The summed E-state index contributed by atoms with van der Waals surface area (Å²) in [6, 6.07) is 9.48. The molecule has 1 aliphatic rings. The van der Waals surface area contributed by atoms with Gasteiger partial charge >= 0.3 is 0 Å². The third-order valence-electron chi connectivity index (χ3n) is 3.35. The number of nitrogens with one attached hydrogen (secondary N) is 1. The molecule has 4 N–H and O–H groups in total. The zero-order valence-corrected chi connectivity index (χ0v) is 11.7. The molecule has 2 rings (SSSR count). The smallest absolute Gasteiger partial charge is 0.245 e. The third-order valence-corrected chi connectivity index (χ3v) is 3.35. The van der Waals surface area contributed by atoms with Crippen LogP contribution in [0.1, 0.15) is 5.56 Å². The number of carbonyl (C=O) groups is 1. The summed E-state index contributed by atoms with van der Waals surface area (Å²) >= 11 is 0. The van der Waals surface area contributed by atoms with Gasteiger partial charge in [-0.1, -0.05) is 35.5 Å². The van der Waals surface area contributed by atoms with Crippen molar-refractivity contribution in [2.75, 3.05) is 26.3 Å². The number of hydrogen-bond donors (Lipinski definition) is 3. The predicted molar refractivity (Wildman–Crippen MR) is 77.6 cm³/mol. The Kier molecular flexibility index (Phi) is 5.53. The van der Waals surface area contributed by atoms with Crippen LogP contribution in [0.4, 0.5) is 0 Å². The molecule has 1 amide bonds. The Morgan fingerprint density at radius 2 is 2.05 bits per heavy atom. The largest absolute Gasteiger partial charge is 0.409 e. The number of oxime groups is 1. The molecule has 1 heterocycles. The van der Waals surface area contributed by atoms with Crippen molar-refractivity contribution < 1.29 is 14.7 Å². The van der Waals surface area contributed by atoms with Crippen LogP contribution in [0.5, 0.6) is 0 Å². The molecule has 1 unspecified atom stereocenters. The topological polar surface area (TPSA) is 100 Å². The molecular formula is C14H20N4O3. The minimum Gasteiger partial charge on any atom is -0.409 e. The number of nitrogens with zero attached hydrogens (tertiary/aromatic N) is 2. The van der Waals surface area contributed by atoms with Crippen molar-refractivity contribution in [2.45, 2.75) is 6.42 Å². The van der Waals surface area contributed by atoms with Crippen LogP contribution in [-0.2, 0) is 16.0 Å². The lowest BCUT2D eigenvalue weighted by atomic mass is 9.97. The molecule has 0 bridgehead atoms. The van der Waals surface area contributed by atoms with Crippen molar-refractivity contribution in [1.29, 1.82) is 0 Å². The minimum atomic E-state index is -0.708. The Balaban J connectivity index is 2.02. The molecule has 0 spiro atoms. The number of carbonyl (C=O) groups excluding carboxylic acids is 1. The van der Waals surface area contributed by atoms with Crippen molar-refractivity contribution in [3.63, 3.8) is 0 Å². The van der Waals surface area contributed by atoms with Gasteiger partial charge in [-0.25, -0.2) is 5.01 Å². The maximum atomic E-state index is 12.4. The Labute approximate surface area is 123 Å². The van der Waals surface area contributed by atoms with Crippen molar-refractivity contribution >= 4 is 11.7 Å². The van der Waals surface area contributed by atoms with E-state index in [2.05, 4.69) is 10.6 Å². The quantitative estimate of drug-likeness (QED) is 0.306. The minimum absolute atomic E-state index is 0.0930. The SMILES string of the molecule is N/C(=N/O)C(Cc1ccccc1)C(=O)NN1CCOCC1. The van der Waals surface area contributed by atoms with Crippen LogP contribution >= 0.6 is 0 Å². The average Bonchev–Trinajstić information content (AvgIpc) is 2.53. The maximum absolute atomic E-state index is 12.4. The monoisotopic (exact) mass is 292 g/mol. The van der Waals surface area contributed by atoms with E-state index in [-0.39, 0.29) is 11.7 Å². The molecule has 1 aromatic rings. The Morgan fingerprint density at radius 1 is 1.38 bits per heavy atom. The molecule has 0 saturated carbocycles. The summed E-state index contributed by atoms with van der Waals surface area (Å²) < 4.78 is 5.22. The molecule has 114 valence electrons. The van der Waals surface area contributed by atoms with E-state index in [1.54, 1.807) is 5.01 Å². The zero-order chi connectivity index (χ0) is 15.1. The number of benzene rings is 1. The number of rotatable bonds is 5. The fraction of sp³-hybridized carbons (Fsp3) is 0.429. The van der Waals surface area contributed by atoms with Crippen molar-refractivity contribution in [3.05, 3.63) is 35.9 Å². The average molecular weight is 292 g/mol. The van der Waals surface area contributed by atoms with E-state index in [1.165, 1.54) is 0 Å². The van der Waals surface area contributed by atoms with Gasteiger partial charge in [0.2, 0.25) is 5.91 Å².